The number of aromatic nitrogens is 3. The van der Waals surface area contributed by atoms with Gasteiger partial charge in [0.15, 0.2) is 5.82 Å². The van der Waals surface area contributed by atoms with Gasteiger partial charge in [-0.25, -0.2) is 0 Å². The van der Waals surface area contributed by atoms with Crippen LogP contribution in [0.15, 0.2) is 30.6 Å². The highest BCUT2D eigenvalue weighted by atomic mass is 16.5. The van der Waals surface area contributed by atoms with Crippen molar-refractivity contribution < 1.29 is 4.74 Å². The van der Waals surface area contributed by atoms with Crippen LogP contribution in [-0.2, 0) is 6.61 Å². The summed E-state index contributed by atoms with van der Waals surface area (Å²) in [5.41, 5.74) is 6.34. The molecule has 0 saturated heterocycles. The average Bonchev–Trinajstić information content (AvgIpc) is 3.08. The first-order chi connectivity index (χ1) is 8.33. The maximum Gasteiger partial charge on any atom is 0.171 e. The number of nitrogen functional groups attached to an aromatic ring is 1. The molecule has 2 N–H and O–H groups in total. The third-order valence-electron chi connectivity index (χ3n) is 2.84. The molecule has 88 valence electrons. The monoisotopic (exact) mass is 230 g/mol. The van der Waals surface area contributed by atoms with E-state index in [1.54, 1.807) is 6.33 Å². The van der Waals surface area contributed by atoms with E-state index < -0.39 is 0 Å². The van der Waals surface area contributed by atoms with Gasteiger partial charge in [-0.15, -0.1) is 10.2 Å². The number of rotatable bonds is 4. The molecule has 5 nitrogen and oxygen atoms in total. The van der Waals surface area contributed by atoms with Crippen molar-refractivity contribution in [1.29, 1.82) is 0 Å². The molecule has 1 aliphatic carbocycles. The summed E-state index contributed by atoms with van der Waals surface area (Å²) in [6.07, 6.45) is 4.21. The summed E-state index contributed by atoms with van der Waals surface area (Å²) >= 11 is 0. The second kappa shape index (κ2) is 4.08. The lowest BCUT2D eigenvalue weighted by molar-refractivity contribution is 0.289. The van der Waals surface area contributed by atoms with Crippen LogP contribution in [0.3, 0.4) is 0 Å². The Morgan fingerprint density at radius 1 is 1.29 bits per heavy atom. The van der Waals surface area contributed by atoms with Crippen LogP contribution in [0.4, 0.5) is 5.69 Å². The molecule has 0 bridgehead atoms. The zero-order valence-electron chi connectivity index (χ0n) is 9.41. The molecule has 1 saturated carbocycles. The SMILES string of the molecule is Nc1ccc(OCc2nncn2C2CC2)cc1. The van der Waals surface area contributed by atoms with Gasteiger partial charge in [-0.1, -0.05) is 0 Å². The fourth-order valence-electron chi connectivity index (χ4n) is 1.74. The van der Waals surface area contributed by atoms with Crippen molar-refractivity contribution in [2.24, 2.45) is 0 Å². The quantitative estimate of drug-likeness (QED) is 0.813. The van der Waals surface area contributed by atoms with Crippen molar-refractivity contribution in [2.45, 2.75) is 25.5 Å². The maximum atomic E-state index is 5.65. The number of anilines is 1. The van der Waals surface area contributed by atoms with E-state index >= 15 is 0 Å². The molecule has 3 rings (SSSR count). The van der Waals surface area contributed by atoms with E-state index in [-0.39, 0.29) is 0 Å². The number of nitrogens with zero attached hydrogens (tertiary/aromatic N) is 3. The van der Waals surface area contributed by atoms with Gasteiger partial charge < -0.3 is 15.0 Å². The average molecular weight is 230 g/mol. The van der Waals surface area contributed by atoms with Gasteiger partial charge in [0.2, 0.25) is 0 Å². The fraction of sp³-hybridized carbons (Fsp3) is 0.333. The molecular weight excluding hydrogens is 216 g/mol. The molecule has 1 aliphatic rings. The van der Waals surface area contributed by atoms with Crippen LogP contribution in [-0.4, -0.2) is 14.8 Å². The first-order valence-corrected chi connectivity index (χ1v) is 5.69. The standard InChI is InChI=1S/C12H14N4O/c13-9-1-5-11(6-2-9)17-7-12-15-14-8-16(12)10-3-4-10/h1-2,5-6,8,10H,3-4,7,13H2. The van der Waals surface area contributed by atoms with Crippen molar-refractivity contribution >= 4 is 5.69 Å². The fourth-order valence-corrected chi connectivity index (χ4v) is 1.74. The number of nitrogens with two attached hydrogens (primary N) is 1. The highest BCUT2D eigenvalue weighted by molar-refractivity contribution is 5.41. The molecule has 1 aromatic heterocycles. The van der Waals surface area contributed by atoms with Crippen molar-refractivity contribution in [3.05, 3.63) is 36.4 Å². The second-order valence-electron chi connectivity index (χ2n) is 4.24. The first-order valence-electron chi connectivity index (χ1n) is 5.69. The minimum Gasteiger partial charge on any atom is -0.486 e. The van der Waals surface area contributed by atoms with Crippen molar-refractivity contribution in [1.82, 2.24) is 14.8 Å². The van der Waals surface area contributed by atoms with Crippen LogP contribution in [0.25, 0.3) is 0 Å². The van der Waals surface area contributed by atoms with Gasteiger partial charge in [0, 0.05) is 11.7 Å². The topological polar surface area (TPSA) is 66.0 Å². The molecule has 1 fully saturated rings. The smallest absolute Gasteiger partial charge is 0.171 e. The molecule has 0 amide bonds. The molecule has 1 heterocycles. The van der Waals surface area contributed by atoms with Gasteiger partial charge >= 0.3 is 0 Å². The third kappa shape index (κ3) is 2.22. The summed E-state index contributed by atoms with van der Waals surface area (Å²) in [6.45, 7) is 0.445. The lowest BCUT2D eigenvalue weighted by Crippen LogP contribution is -2.05. The predicted octanol–water partition coefficient (Wildman–Crippen LogP) is 1.77. The van der Waals surface area contributed by atoms with Crippen LogP contribution < -0.4 is 10.5 Å². The number of ether oxygens (including phenoxy) is 1. The Hall–Kier alpha value is -2.04. The van der Waals surface area contributed by atoms with Crippen LogP contribution >= 0.6 is 0 Å². The summed E-state index contributed by atoms with van der Waals surface area (Å²) in [6, 6.07) is 7.93. The van der Waals surface area contributed by atoms with Gasteiger partial charge in [0.25, 0.3) is 0 Å². The number of hydrogen-bond donors (Lipinski definition) is 1. The number of hydrogen-bond acceptors (Lipinski definition) is 4. The van der Waals surface area contributed by atoms with E-state index in [1.807, 2.05) is 24.3 Å². The Labute approximate surface area is 99.2 Å². The minimum absolute atomic E-state index is 0.445. The molecule has 1 aromatic carbocycles. The van der Waals surface area contributed by atoms with Crippen LogP contribution in [0.5, 0.6) is 5.75 Å². The summed E-state index contributed by atoms with van der Waals surface area (Å²) in [5.74, 6) is 1.67. The summed E-state index contributed by atoms with van der Waals surface area (Å²) in [5, 5.41) is 8.00. The van der Waals surface area contributed by atoms with Gasteiger partial charge in [-0.05, 0) is 37.1 Å². The predicted molar refractivity (Wildman–Crippen MR) is 63.5 cm³/mol. The molecule has 17 heavy (non-hydrogen) atoms. The zero-order valence-corrected chi connectivity index (χ0v) is 9.41. The van der Waals surface area contributed by atoms with Gasteiger partial charge in [-0.3, -0.25) is 0 Å². The third-order valence-corrected chi connectivity index (χ3v) is 2.84. The Morgan fingerprint density at radius 2 is 2.06 bits per heavy atom. The Morgan fingerprint density at radius 3 is 2.76 bits per heavy atom. The van der Waals surface area contributed by atoms with Gasteiger partial charge in [0.1, 0.15) is 18.7 Å². The van der Waals surface area contributed by atoms with E-state index in [9.17, 15) is 0 Å². The Bertz CT molecular complexity index is 501. The molecular formula is C12H14N4O. The van der Waals surface area contributed by atoms with Gasteiger partial charge in [0.05, 0.1) is 0 Å². The normalized spacial score (nSPS) is 14.8. The molecule has 0 spiro atoms. The van der Waals surface area contributed by atoms with Crippen LogP contribution in [0.1, 0.15) is 24.7 Å². The van der Waals surface area contributed by atoms with E-state index in [2.05, 4.69) is 14.8 Å². The maximum absolute atomic E-state index is 5.65. The molecule has 0 atom stereocenters. The summed E-state index contributed by atoms with van der Waals surface area (Å²) in [7, 11) is 0. The Kier molecular flexibility index (Phi) is 2.44. The van der Waals surface area contributed by atoms with Crippen molar-refractivity contribution in [2.75, 3.05) is 5.73 Å². The van der Waals surface area contributed by atoms with Gasteiger partial charge in [-0.2, -0.15) is 0 Å². The first kappa shape index (κ1) is 10.1. The van der Waals surface area contributed by atoms with E-state index in [1.165, 1.54) is 12.8 Å². The molecule has 0 aliphatic heterocycles. The molecule has 5 heteroatoms. The lowest BCUT2D eigenvalue weighted by atomic mass is 10.3. The van der Waals surface area contributed by atoms with E-state index in [0.29, 0.717) is 12.6 Å². The highest BCUT2D eigenvalue weighted by Gasteiger charge is 2.26. The highest BCUT2D eigenvalue weighted by Crippen LogP contribution is 2.35. The van der Waals surface area contributed by atoms with Crippen molar-refractivity contribution in [3.63, 3.8) is 0 Å². The van der Waals surface area contributed by atoms with Crippen LogP contribution in [0.2, 0.25) is 0 Å². The van der Waals surface area contributed by atoms with Crippen LogP contribution in [0, 0.1) is 0 Å². The number of benzene rings is 1. The van der Waals surface area contributed by atoms with E-state index in [0.717, 1.165) is 17.3 Å². The lowest BCUT2D eigenvalue weighted by Gasteiger charge is -2.07. The Balaban J connectivity index is 1.67. The summed E-state index contributed by atoms with van der Waals surface area (Å²) < 4.78 is 7.74. The molecule has 0 unspecified atom stereocenters. The second-order valence-corrected chi connectivity index (χ2v) is 4.24. The van der Waals surface area contributed by atoms with E-state index in [4.69, 9.17) is 10.5 Å². The zero-order chi connectivity index (χ0) is 11.7. The molecule has 0 radical (unpaired) electrons. The summed E-state index contributed by atoms with van der Waals surface area (Å²) in [4.78, 5) is 0. The largest absolute Gasteiger partial charge is 0.486 e. The van der Waals surface area contributed by atoms with Crippen molar-refractivity contribution in [3.8, 4) is 5.75 Å². The minimum atomic E-state index is 0.445. The molecule has 2 aromatic rings.